The van der Waals surface area contributed by atoms with Gasteiger partial charge in [0.2, 0.25) is 11.8 Å². The summed E-state index contributed by atoms with van der Waals surface area (Å²) in [5.74, 6) is -0.158. The molecule has 1 unspecified atom stereocenters. The average Bonchev–Trinajstić information content (AvgIpc) is 2.98. The number of amides is 2. The first-order chi connectivity index (χ1) is 9.95. The third kappa shape index (κ3) is 5.85. The van der Waals surface area contributed by atoms with E-state index in [1.807, 2.05) is 30.3 Å². The summed E-state index contributed by atoms with van der Waals surface area (Å²) in [6, 6.07) is 4.27. The van der Waals surface area contributed by atoms with Crippen molar-refractivity contribution in [3.8, 4) is 0 Å². The van der Waals surface area contributed by atoms with Crippen molar-refractivity contribution < 1.29 is 9.59 Å². The zero-order valence-corrected chi connectivity index (χ0v) is 14.1. The number of rotatable bonds is 8. The highest BCUT2D eigenvalue weighted by molar-refractivity contribution is 7.10. The fourth-order valence-corrected chi connectivity index (χ4v) is 2.69. The summed E-state index contributed by atoms with van der Waals surface area (Å²) >= 11 is 1.68. The number of nitrogens with one attached hydrogen (secondary N) is 1. The van der Waals surface area contributed by atoms with Gasteiger partial charge in [-0.05, 0) is 31.8 Å². The van der Waals surface area contributed by atoms with Gasteiger partial charge in [-0.15, -0.1) is 11.3 Å². The minimum Gasteiger partial charge on any atom is -0.355 e. The van der Waals surface area contributed by atoms with E-state index in [1.165, 1.54) is 9.78 Å². The largest absolute Gasteiger partial charge is 0.355 e. The number of nitrogens with zero attached hydrogens (tertiary/aromatic N) is 2. The Morgan fingerprint density at radius 3 is 2.62 bits per heavy atom. The van der Waals surface area contributed by atoms with Gasteiger partial charge >= 0.3 is 0 Å². The van der Waals surface area contributed by atoms with Crippen LogP contribution in [0, 0.1) is 0 Å². The van der Waals surface area contributed by atoms with Crippen molar-refractivity contribution in [3.63, 3.8) is 0 Å². The van der Waals surface area contributed by atoms with Gasteiger partial charge in [-0.1, -0.05) is 13.0 Å². The highest BCUT2D eigenvalue weighted by Crippen LogP contribution is 2.22. The Balaban J connectivity index is 2.42. The predicted molar refractivity (Wildman–Crippen MR) is 86.3 cm³/mol. The number of likely N-dealkylation sites (N-methyl/N-ethyl adjacent to an activating group) is 2. The van der Waals surface area contributed by atoms with Gasteiger partial charge in [-0.2, -0.15) is 0 Å². The number of carbonyl (C=O) groups is 2. The molecule has 0 bridgehead atoms. The van der Waals surface area contributed by atoms with Gasteiger partial charge in [0.05, 0.1) is 13.1 Å². The van der Waals surface area contributed by atoms with E-state index in [9.17, 15) is 9.59 Å². The molecule has 21 heavy (non-hydrogen) atoms. The van der Waals surface area contributed by atoms with Gasteiger partial charge in [0, 0.05) is 24.5 Å². The summed E-state index contributed by atoms with van der Waals surface area (Å²) in [6.07, 6.45) is 0.893. The van der Waals surface area contributed by atoms with Crippen LogP contribution >= 0.6 is 11.3 Å². The van der Waals surface area contributed by atoms with Crippen LogP contribution in [-0.4, -0.2) is 55.3 Å². The van der Waals surface area contributed by atoms with Crippen LogP contribution in [0.1, 0.15) is 31.2 Å². The number of carbonyl (C=O) groups excluding carboxylic acids is 2. The Hall–Kier alpha value is -1.40. The summed E-state index contributed by atoms with van der Waals surface area (Å²) in [4.78, 5) is 28.5. The summed E-state index contributed by atoms with van der Waals surface area (Å²) in [6.45, 7) is 5.13. The van der Waals surface area contributed by atoms with Crippen LogP contribution in [0.3, 0.4) is 0 Å². The summed E-state index contributed by atoms with van der Waals surface area (Å²) < 4.78 is 0. The van der Waals surface area contributed by atoms with E-state index in [1.54, 1.807) is 18.4 Å². The van der Waals surface area contributed by atoms with Gasteiger partial charge in [0.1, 0.15) is 0 Å². The SMILES string of the molecule is CCCNC(=O)CN(C)C(=O)CN(C)C(C)c1cccs1. The van der Waals surface area contributed by atoms with E-state index in [0.29, 0.717) is 13.1 Å². The molecule has 0 saturated carbocycles. The zero-order chi connectivity index (χ0) is 15.8. The molecule has 0 aliphatic carbocycles. The third-order valence-electron chi connectivity index (χ3n) is 3.38. The van der Waals surface area contributed by atoms with Crippen molar-refractivity contribution in [2.75, 3.05) is 33.7 Å². The van der Waals surface area contributed by atoms with Gasteiger partial charge in [-0.25, -0.2) is 0 Å². The van der Waals surface area contributed by atoms with E-state index in [2.05, 4.69) is 18.3 Å². The van der Waals surface area contributed by atoms with Crippen LogP contribution in [-0.2, 0) is 9.59 Å². The van der Waals surface area contributed by atoms with Crippen molar-refractivity contribution >= 4 is 23.2 Å². The third-order valence-corrected chi connectivity index (χ3v) is 4.42. The normalized spacial score (nSPS) is 12.2. The highest BCUT2D eigenvalue weighted by Gasteiger charge is 2.19. The molecule has 0 fully saturated rings. The van der Waals surface area contributed by atoms with Crippen LogP contribution in [0.15, 0.2) is 17.5 Å². The topological polar surface area (TPSA) is 52.7 Å². The Morgan fingerprint density at radius 2 is 2.05 bits per heavy atom. The van der Waals surface area contributed by atoms with Crippen molar-refractivity contribution in [2.24, 2.45) is 0 Å². The van der Waals surface area contributed by atoms with Gasteiger partial charge in [0.25, 0.3) is 0 Å². The number of hydrogen-bond donors (Lipinski definition) is 1. The Kier molecular flexibility index (Phi) is 7.39. The molecule has 1 N–H and O–H groups in total. The lowest BCUT2D eigenvalue weighted by Gasteiger charge is -2.25. The van der Waals surface area contributed by atoms with Crippen molar-refractivity contribution in [2.45, 2.75) is 26.3 Å². The van der Waals surface area contributed by atoms with Crippen LogP contribution in [0.4, 0.5) is 0 Å². The molecule has 0 saturated heterocycles. The number of thiophene rings is 1. The van der Waals surface area contributed by atoms with E-state index in [-0.39, 0.29) is 24.4 Å². The molecule has 1 rings (SSSR count). The maximum atomic E-state index is 12.1. The standard InChI is InChI=1S/C15H25N3O2S/c1-5-8-16-14(19)10-18(4)15(20)11-17(3)12(2)13-7-6-9-21-13/h6-7,9,12H,5,8,10-11H2,1-4H3,(H,16,19). The van der Waals surface area contributed by atoms with E-state index < -0.39 is 0 Å². The molecule has 1 aromatic rings. The van der Waals surface area contributed by atoms with E-state index in [4.69, 9.17) is 0 Å². The molecule has 6 heteroatoms. The lowest BCUT2D eigenvalue weighted by Crippen LogP contribution is -2.42. The second kappa shape index (κ2) is 8.79. The molecule has 0 aromatic carbocycles. The molecule has 0 aliphatic heterocycles. The highest BCUT2D eigenvalue weighted by atomic mass is 32.1. The lowest BCUT2D eigenvalue weighted by atomic mass is 10.2. The summed E-state index contributed by atoms with van der Waals surface area (Å²) in [7, 11) is 3.59. The van der Waals surface area contributed by atoms with Crippen LogP contribution in [0.5, 0.6) is 0 Å². The first-order valence-corrected chi connectivity index (χ1v) is 8.08. The van der Waals surface area contributed by atoms with Crippen LogP contribution < -0.4 is 5.32 Å². The molecule has 1 aromatic heterocycles. The molecule has 118 valence electrons. The maximum Gasteiger partial charge on any atom is 0.239 e. The van der Waals surface area contributed by atoms with E-state index in [0.717, 1.165) is 6.42 Å². The molecule has 0 aliphatic rings. The first kappa shape index (κ1) is 17.7. The van der Waals surface area contributed by atoms with Gasteiger partial charge in [0.15, 0.2) is 0 Å². The maximum absolute atomic E-state index is 12.1. The molecule has 0 spiro atoms. The Morgan fingerprint density at radius 1 is 1.33 bits per heavy atom. The van der Waals surface area contributed by atoms with Crippen LogP contribution in [0.25, 0.3) is 0 Å². The molecule has 0 radical (unpaired) electrons. The summed E-state index contributed by atoms with van der Waals surface area (Å²) in [5, 5.41) is 4.81. The molecular formula is C15H25N3O2S. The van der Waals surface area contributed by atoms with Gasteiger partial charge in [-0.3, -0.25) is 14.5 Å². The molecule has 1 heterocycles. The molecule has 5 nitrogen and oxygen atoms in total. The van der Waals surface area contributed by atoms with Crippen molar-refractivity contribution in [3.05, 3.63) is 22.4 Å². The van der Waals surface area contributed by atoms with Crippen LogP contribution in [0.2, 0.25) is 0 Å². The smallest absolute Gasteiger partial charge is 0.239 e. The fraction of sp³-hybridized carbons (Fsp3) is 0.600. The summed E-state index contributed by atoms with van der Waals surface area (Å²) in [5.41, 5.74) is 0. The minimum absolute atomic E-state index is 0.0486. The first-order valence-electron chi connectivity index (χ1n) is 7.20. The zero-order valence-electron chi connectivity index (χ0n) is 13.3. The number of hydrogen-bond acceptors (Lipinski definition) is 4. The van der Waals surface area contributed by atoms with E-state index >= 15 is 0 Å². The second-order valence-electron chi connectivity index (χ2n) is 5.21. The quantitative estimate of drug-likeness (QED) is 0.795. The Labute approximate surface area is 130 Å². The van der Waals surface area contributed by atoms with Crippen molar-refractivity contribution in [1.82, 2.24) is 15.1 Å². The molecule has 1 atom stereocenters. The fourth-order valence-electron chi connectivity index (χ4n) is 1.84. The minimum atomic E-state index is -0.110. The van der Waals surface area contributed by atoms with Gasteiger partial charge < -0.3 is 10.2 Å². The predicted octanol–water partition coefficient (Wildman–Crippen LogP) is 1.73. The van der Waals surface area contributed by atoms with Crippen molar-refractivity contribution in [1.29, 1.82) is 0 Å². The molecule has 2 amide bonds. The Bertz CT molecular complexity index is 448. The average molecular weight is 311 g/mol. The molecular weight excluding hydrogens is 286 g/mol. The monoisotopic (exact) mass is 311 g/mol. The second-order valence-corrected chi connectivity index (χ2v) is 6.19. The lowest BCUT2D eigenvalue weighted by molar-refractivity contribution is -0.135.